The molecule has 1 aromatic rings. The van der Waals surface area contributed by atoms with Crippen molar-refractivity contribution in [2.75, 3.05) is 6.61 Å². The van der Waals surface area contributed by atoms with Crippen molar-refractivity contribution in [1.29, 1.82) is 0 Å². The number of aromatic nitrogens is 2. The van der Waals surface area contributed by atoms with Gasteiger partial charge in [-0.1, -0.05) is 0 Å². The van der Waals surface area contributed by atoms with E-state index in [1.165, 1.54) is 5.56 Å². The van der Waals surface area contributed by atoms with E-state index >= 15 is 0 Å². The van der Waals surface area contributed by atoms with Gasteiger partial charge in [-0.2, -0.15) is 5.10 Å². The fourth-order valence-corrected chi connectivity index (χ4v) is 2.23. The maximum atomic E-state index is 11.8. The Morgan fingerprint density at radius 1 is 1.47 bits per heavy atom. The molecule has 2 N–H and O–H groups in total. The molecule has 5 heteroatoms. The van der Waals surface area contributed by atoms with Crippen LogP contribution in [0.3, 0.4) is 0 Å². The lowest BCUT2D eigenvalue weighted by molar-refractivity contribution is -0.121. The van der Waals surface area contributed by atoms with Gasteiger partial charge in [0, 0.05) is 31.8 Å². The van der Waals surface area contributed by atoms with Gasteiger partial charge in [-0.25, -0.2) is 0 Å². The monoisotopic (exact) mass is 267 g/mol. The van der Waals surface area contributed by atoms with Crippen LogP contribution in [-0.4, -0.2) is 33.4 Å². The van der Waals surface area contributed by atoms with Gasteiger partial charge < -0.3 is 10.4 Å². The Bertz CT molecular complexity index is 427. The Morgan fingerprint density at radius 3 is 2.68 bits per heavy atom. The first-order valence-corrected chi connectivity index (χ1v) is 6.85. The van der Waals surface area contributed by atoms with Crippen molar-refractivity contribution in [3.63, 3.8) is 0 Å². The molecule has 1 rings (SSSR count). The number of hydrogen-bond donors (Lipinski definition) is 2. The number of rotatable bonds is 7. The molecule has 0 aliphatic carbocycles. The average molecular weight is 267 g/mol. The maximum Gasteiger partial charge on any atom is 0.220 e. The molecular formula is C14H25N3O2. The average Bonchev–Trinajstić information content (AvgIpc) is 2.59. The van der Waals surface area contributed by atoms with Crippen LogP contribution in [0.25, 0.3) is 0 Å². The topological polar surface area (TPSA) is 67.2 Å². The van der Waals surface area contributed by atoms with Crippen molar-refractivity contribution in [3.8, 4) is 0 Å². The van der Waals surface area contributed by atoms with Crippen molar-refractivity contribution in [3.05, 3.63) is 17.0 Å². The molecule has 0 radical (unpaired) electrons. The number of hydrogen-bond acceptors (Lipinski definition) is 3. The van der Waals surface area contributed by atoms with Gasteiger partial charge in [0.1, 0.15) is 0 Å². The number of carbonyl (C=O) groups excluding carboxylic acids is 1. The first-order chi connectivity index (χ1) is 8.95. The minimum absolute atomic E-state index is 0.0630. The summed E-state index contributed by atoms with van der Waals surface area (Å²) < 4.78 is 1.85. The zero-order chi connectivity index (χ0) is 14.4. The lowest BCUT2D eigenvalue weighted by atomic mass is 10.1. The largest absolute Gasteiger partial charge is 0.396 e. The Labute approximate surface area is 115 Å². The minimum atomic E-state index is 0.0630. The third kappa shape index (κ3) is 4.67. The molecule has 5 nitrogen and oxygen atoms in total. The van der Waals surface area contributed by atoms with Crippen LogP contribution in [0.15, 0.2) is 0 Å². The number of aliphatic hydroxyl groups excluding tert-OH is 1. The summed E-state index contributed by atoms with van der Waals surface area (Å²) in [7, 11) is 1.92. The molecule has 0 saturated heterocycles. The number of nitrogens with one attached hydrogen (secondary N) is 1. The highest BCUT2D eigenvalue weighted by molar-refractivity contribution is 5.76. The van der Waals surface area contributed by atoms with Gasteiger partial charge in [-0.3, -0.25) is 9.48 Å². The number of nitrogens with zero attached hydrogens (tertiary/aromatic N) is 2. The van der Waals surface area contributed by atoms with Crippen molar-refractivity contribution in [2.45, 2.75) is 52.5 Å². The molecule has 0 aromatic carbocycles. The third-order valence-electron chi connectivity index (χ3n) is 3.46. The summed E-state index contributed by atoms with van der Waals surface area (Å²) in [6.45, 7) is 6.14. The van der Waals surface area contributed by atoms with Gasteiger partial charge in [-0.15, -0.1) is 0 Å². The van der Waals surface area contributed by atoms with E-state index in [9.17, 15) is 4.79 Å². The standard InChI is InChI=1S/C14H25N3O2/c1-10(6-5-9-18)15-14(19)8-7-13-11(2)16-17(4)12(13)3/h10,18H,5-9H2,1-4H3,(H,15,19). The zero-order valence-corrected chi connectivity index (χ0v) is 12.4. The van der Waals surface area contributed by atoms with E-state index in [1.807, 2.05) is 32.5 Å². The fraction of sp³-hybridized carbons (Fsp3) is 0.714. The Morgan fingerprint density at radius 2 is 2.16 bits per heavy atom. The van der Waals surface area contributed by atoms with E-state index in [0.29, 0.717) is 6.42 Å². The smallest absolute Gasteiger partial charge is 0.220 e. The highest BCUT2D eigenvalue weighted by Gasteiger charge is 2.12. The Hall–Kier alpha value is -1.36. The van der Waals surface area contributed by atoms with Gasteiger partial charge in [0.25, 0.3) is 0 Å². The quantitative estimate of drug-likeness (QED) is 0.781. The Kier molecular flexibility index (Phi) is 6.02. The summed E-state index contributed by atoms with van der Waals surface area (Å²) in [5.41, 5.74) is 3.29. The van der Waals surface area contributed by atoms with Crippen molar-refractivity contribution < 1.29 is 9.90 Å². The molecule has 1 heterocycles. The van der Waals surface area contributed by atoms with Gasteiger partial charge in [0.2, 0.25) is 5.91 Å². The lowest BCUT2D eigenvalue weighted by Gasteiger charge is -2.13. The van der Waals surface area contributed by atoms with Crippen LogP contribution in [0, 0.1) is 13.8 Å². The fourth-order valence-electron chi connectivity index (χ4n) is 2.23. The molecule has 1 amide bonds. The highest BCUT2D eigenvalue weighted by Crippen LogP contribution is 2.14. The van der Waals surface area contributed by atoms with E-state index in [4.69, 9.17) is 5.11 Å². The van der Waals surface area contributed by atoms with Crippen LogP contribution in [0.1, 0.15) is 43.1 Å². The molecule has 19 heavy (non-hydrogen) atoms. The van der Waals surface area contributed by atoms with Crippen LogP contribution in [0.4, 0.5) is 0 Å². The first-order valence-electron chi connectivity index (χ1n) is 6.85. The van der Waals surface area contributed by atoms with E-state index in [2.05, 4.69) is 10.4 Å². The molecule has 1 atom stereocenters. The summed E-state index contributed by atoms with van der Waals surface area (Å²) in [6, 6.07) is 0.121. The maximum absolute atomic E-state index is 11.8. The van der Waals surface area contributed by atoms with Crippen LogP contribution in [-0.2, 0) is 18.3 Å². The van der Waals surface area contributed by atoms with Gasteiger partial charge in [-0.05, 0) is 45.6 Å². The number of amides is 1. The van der Waals surface area contributed by atoms with Crippen molar-refractivity contribution in [2.24, 2.45) is 7.05 Å². The zero-order valence-electron chi connectivity index (χ0n) is 12.4. The molecule has 0 aliphatic heterocycles. The predicted octanol–water partition coefficient (Wildman–Crippen LogP) is 1.25. The van der Waals surface area contributed by atoms with Crippen LogP contribution < -0.4 is 5.32 Å². The van der Waals surface area contributed by atoms with Crippen molar-refractivity contribution in [1.82, 2.24) is 15.1 Å². The lowest BCUT2D eigenvalue weighted by Crippen LogP contribution is -2.32. The van der Waals surface area contributed by atoms with Crippen molar-refractivity contribution >= 4 is 5.91 Å². The Balaban J connectivity index is 2.42. The normalized spacial score (nSPS) is 12.5. The van der Waals surface area contributed by atoms with Gasteiger partial charge in [0.15, 0.2) is 0 Å². The number of carbonyl (C=O) groups is 1. The molecule has 0 aliphatic rings. The second kappa shape index (κ2) is 7.28. The molecule has 0 spiro atoms. The van der Waals surface area contributed by atoms with E-state index in [0.717, 1.165) is 30.7 Å². The van der Waals surface area contributed by atoms with Crippen LogP contribution >= 0.6 is 0 Å². The highest BCUT2D eigenvalue weighted by atomic mass is 16.3. The molecule has 1 unspecified atom stereocenters. The number of aryl methyl sites for hydroxylation is 2. The van der Waals surface area contributed by atoms with Gasteiger partial charge >= 0.3 is 0 Å². The molecule has 0 fully saturated rings. The van der Waals surface area contributed by atoms with E-state index in [1.54, 1.807) is 0 Å². The summed E-state index contributed by atoms with van der Waals surface area (Å²) in [5.74, 6) is 0.0630. The van der Waals surface area contributed by atoms with Crippen LogP contribution in [0.2, 0.25) is 0 Å². The molecule has 1 aromatic heterocycles. The molecule has 0 saturated carbocycles. The summed E-state index contributed by atoms with van der Waals surface area (Å²) in [4.78, 5) is 11.8. The predicted molar refractivity (Wildman–Crippen MR) is 74.9 cm³/mol. The SMILES string of the molecule is Cc1nn(C)c(C)c1CCC(=O)NC(C)CCCO. The molecule has 0 bridgehead atoms. The second-order valence-electron chi connectivity index (χ2n) is 5.11. The second-order valence-corrected chi connectivity index (χ2v) is 5.11. The summed E-state index contributed by atoms with van der Waals surface area (Å²) >= 11 is 0. The first kappa shape index (κ1) is 15.7. The molecular weight excluding hydrogens is 242 g/mol. The van der Waals surface area contributed by atoms with E-state index in [-0.39, 0.29) is 18.6 Å². The summed E-state index contributed by atoms with van der Waals surface area (Å²) in [6.07, 6.45) is 2.75. The van der Waals surface area contributed by atoms with Crippen LogP contribution in [0.5, 0.6) is 0 Å². The third-order valence-corrected chi connectivity index (χ3v) is 3.46. The molecule has 108 valence electrons. The van der Waals surface area contributed by atoms with E-state index < -0.39 is 0 Å². The minimum Gasteiger partial charge on any atom is -0.396 e. The number of aliphatic hydroxyl groups is 1. The van der Waals surface area contributed by atoms with Gasteiger partial charge in [0.05, 0.1) is 5.69 Å². The summed E-state index contributed by atoms with van der Waals surface area (Å²) in [5, 5.41) is 16.0.